The highest BCUT2D eigenvalue weighted by molar-refractivity contribution is 5.81. The average molecular weight is 334 g/mol. The van der Waals surface area contributed by atoms with Crippen molar-refractivity contribution in [1.29, 1.82) is 0 Å². The molecule has 1 saturated heterocycles. The molecule has 1 amide bonds. The van der Waals surface area contributed by atoms with E-state index in [-0.39, 0.29) is 5.91 Å². The monoisotopic (exact) mass is 334 g/mol. The minimum Gasteiger partial charge on any atom is -0.497 e. The molecule has 0 unspecified atom stereocenters. The van der Waals surface area contributed by atoms with Gasteiger partial charge in [0.1, 0.15) is 11.9 Å². The fourth-order valence-corrected chi connectivity index (χ4v) is 3.33. The van der Waals surface area contributed by atoms with Crippen LogP contribution in [0.1, 0.15) is 25.8 Å². The lowest BCUT2D eigenvalue weighted by Gasteiger charge is -2.24. The summed E-state index contributed by atoms with van der Waals surface area (Å²) in [5, 5.41) is 0. The Bertz CT molecular complexity index is 547. The molecule has 1 aliphatic rings. The molecule has 2 rings (SSSR count). The highest BCUT2D eigenvalue weighted by Gasteiger charge is 2.36. The van der Waals surface area contributed by atoms with Gasteiger partial charge < -0.3 is 19.3 Å². The van der Waals surface area contributed by atoms with Crippen LogP contribution in [0.15, 0.2) is 24.3 Å². The van der Waals surface area contributed by atoms with Crippen molar-refractivity contribution in [1.82, 2.24) is 9.80 Å². The smallest absolute Gasteiger partial charge is 0.251 e. The maximum atomic E-state index is 12.7. The molecule has 24 heavy (non-hydrogen) atoms. The predicted molar refractivity (Wildman–Crippen MR) is 95.1 cm³/mol. The third kappa shape index (κ3) is 4.48. The van der Waals surface area contributed by atoms with Crippen molar-refractivity contribution >= 4 is 5.91 Å². The number of likely N-dealkylation sites (tertiary alicyclic amines) is 1. The fraction of sp³-hybridized carbons (Fsp3) is 0.632. The highest BCUT2D eigenvalue weighted by atomic mass is 16.5. The number of methoxy groups -OCH3 is 1. The van der Waals surface area contributed by atoms with E-state index in [4.69, 9.17) is 9.47 Å². The summed E-state index contributed by atoms with van der Waals surface area (Å²) >= 11 is 0. The minimum absolute atomic E-state index is 0.0840. The molecule has 5 nitrogen and oxygen atoms in total. The molecule has 0 aliphatic carbocycles. The Balaban J connectivity index is 1.90. The standard InChI is InChI=1S/C19H30N2O3/c1-6-16-11-21(12-18(16)20(3)4)19(22)14(2)24-13-15-8-7-9-17(10-15)23-5/h7-10,14,16,18H,6,11-13H2,1-5H3/t14-,16+,18+/m0/s1. The summed E-state index contributed by atoms with van der Waals surface area (Å²) in [5.41, 5.74) is 1.01. The van der Waals surface area contributed by atoms with Gasteiger partial charge in [0, 0.05) is 19.1 Å². The van der Waals surface area contributed by atoms with Gasteiger partial charge in [-0.15, -0.1) is 0 Å². The van der Waals surface area contributed by atoms with Gasteiger partial charge in [0.05, 0.1) is 13.7 Å². The maximum absolute atomic E-state index is 12.7. The highest BCUT2D eigenvalue weighted by Crippen LogP contribution is 2.24. The van der Waals surface area contributed by atoms with E-state index in [1.54, 1.807) is 7.11 Å². The first-order valence-electron chi connectivity index (χ1n) is 8.66. The van der Waals surface area contributed by atoms with Crippen molar-refractivity contribution in [2.45, 2.75) is 39.0 Å². The molecule has 134 valence electrons. The third-order valence-corrected chi connectivity index (χ3v) is 4.89. The van der Waals surface area contributed by atoms with E-state index < -0.39 is 6.10 Å². The second-order valence-corrected chi connectivity index (χ2v) is 6.75. The SMILES string of the molecule is CC[C@@H]1CN(C(=O)[C@H](C)OCc2cccc(OC)c2)C[C@H]1N(C)C. The molecule has 0 radical (unpaired) electrons. The normalized spacial score (nSPS) is 22.0. The van der Waals surface area contributed by atoms with E-state index in [2.05, 4.69) is 25.9 Å². The molecule has 3 atom stereocenters. The molecule has 0 spiro atoms. The number of hydrogen-bond donors (Lipinski definition) is 0. The van der Waals surface area contributed by atoms with Crippen LogP contribution in [-0.2, 0) is 16.1 Å². The van der Waals surface area contributed by atoms with Crippen molar-refractivity contribution < 1.29 is 14.3 Å². The lowest BCUT2D eigenvalue weighted by molar-refractivity contribution is -0.142. The van der Waals surface area contributed by atoms with Crippen LogP contribution in [0.3, 0.4) is 0 Å². The Morgan fingerprint density at radius 3 is 2.71 bits per heavy atom. The molecule has 1 fully saturated rings. The number of likely N-dealkylation sites (N-methyl/N-ethyl adjacent to an activating group) is 1. The molecule has 1 heterocycles. The van der Waals surface area contributed by atoms with Gasteiger partial charge in [0.15, 0.2) is 0 Å². The molecule has 0 saturated carbocycles. The van der Waals surface area contributed by atoms with Crippen LogP contribution in [0.2, 0.25) is 0 Å². The lowest BCUT2D eigenvalue weighted by atomic mass is 10.0. The second-order valence-electron chi connectivity index (χ2n) is 6.75. The second kappa shape index (κ2) is 8.49. The predicted octanol–water partition coefficient (Wildman–Crippen LogP) is 2.40. The van der Waals surface area contributed by atoms with Crippen LogP contribution in [0.25, 0.3) is 0 Å². The minimum atomic E-state index is -0.436. The number of amides is 1. The van der Waals surface area contributed by atoms with Crippen molar-refractivity contribution in [2.24, 2.45) is 5.92 Å². The largest absolute Gasteiger partial charge is 0.497 e. The third-order valence-electron chi connectivity index (χ3n) is 4.89. The van der Waals surface area contributed by atoms with Gasteiger partial charge in [-0.2, -0.15) is 0 Å². The van der Waals surface area contributed by atoms with Crippen molar-refractivity contribution in [3.05, 3.63) is 29.8 Å². The molecular formula is C19H30N2O3. The van der Waals surface area contributed by atoms with Crippen LogP contribution in [-0.4, -0.2) is 62.1 Å². The topological polar surface area (TPSA) is 42.0 Å². The first kappa shape index (κ1) is 18.7. The maximum Gasteiger partial charge on any atom is 0.251 e. The van der Waals surface area contributed by atoms with E-state index in [9.17, 15) is 4.79 Å². The van der Waals surface area contributed by atoms with Crippen LogP contribution < -0.4 is 4.74 Å². The summed E-state index contributed by atoms with van der Waals surface area (Å²) in [5.74, 6) is 1.42. The summed E-state index contributed by atoms with van der Waals surface area (Å²) in [7, 11) is 5.82. The zero-order valence-electron chi connectivity index (χ0n) is 15.5. The first-order chi connectivity index (χ1) is 11.5. The zero-order chi connectivity index (χ0) is 17.7. The Kier molecular flexibility index (Phi) is 6.63. The van der Waals surface area contributed by atoms with Gasteiger partial charge in [-0.1, -0.05) is 25.5 Å². The Hall–Kier alpha value is -1.59. The molecule has 0 aromatic heterocycles. The van der Waals surface area contributed by atoms with E-state index in [0.29, 0.717) is 18.6 Å². The van der Waals surface area contributed by atoms with E-state index in [1.807, 2.05) is 36.1 Å². The molecular weight excluding hydrogens is 304 g/mol. The molecule has 5 heteroatoms. The number of rotatable bonds is 7. The Labute approximate surface area is 145 Å². The van der Waals surface area contributed by atoms with Gasteiger partial charge in [-0.05, 0) is 44.6 Å². The van der Waals surface area contributed by atoms with E-state index in [0.717, 1.165) is 30.8 Å². The van der Waals surface area contributed by atoms with Crippen molar-refractivity contribution in [3.63, 3.8) is 0 Å². The van der Waals surface area contributed by atoms with Crippen molar-refractivity contribution in [3.8, 4) is 5.75 Å². The molecule has 1 aromatic carbocycles. The summed E-state index contributed by atoms with van der Waals surface area (Å²) in [4.78, 5) is 16.9. The van der Waals surface area contributed by atoms with Crippen molar-refractivity contribution in [2.75, 3.05) is 34.3 Å². The summed E-state index contributed by atoms with van der Waals surface area (Å²) < 4.78 is 11.0. The van der Waals surface area contributed by atoms with E-state index in [1.165, 1.54) is 0 Å². The molecule has 0 bridgehead atoms. The van der Waals surface area contributed by atoms with Crippen LogP contribution in [0.4, 0.5) is 0 Å². The Morgan fingerprint density at radius 1 is 1.38 bits per heavy atom. The van der Waals surface area contributed by atoms with Gasteiger partial charge in [0.25, 0.3) is 5.91 Å². The van der Waals surface area contributed by atoms with Crippen LogP contribution in [0, 0.1) is 5.92 Å². The van der Waals surface area contributed by atoms with Gasteiger partial charge in [-0.25, -0.2) is 0 Å². The quantitative estimate of drug-likeness (QED) is 0.768. The lowest BCUT2D eigenvalue weighted by Crippen LogP contribution is -2.40. The Morgan fingerprint density at radius 2 is 2.12 bits per heavy atom. The van der Waals surface area contributed by atoms with Gasteiger partial charge >= 0.3 is 0 Å². The number of benzene rings is 1. The molecule has 0 N–H and O–H groups in total. The average Bonchev–Trinajstić information content (AvgIpc) is 3.03. The van der Waals surface area contributed by atoms with Crippen LogP contribution >= 0.6 is 0 Å². The van der Waals surface area contributed by atoms with Gasteiger partial charge in [-0.3, -0.25) is 4.79 Å². The number of hydrogen-bond acceptors (Lipinski definition) is 4. The fourth-order valence-electron chi connectivity index (χ4n) is 3.33. The molecule has 1 aliphatic heterocycles. The zero-order valence-corrected chi connectivity index (χ0v) is 15.5. The summed E-state index contributed by atoms with van der Waals surface area (Å²) in [6.07, 6.45) is 0.653. The first-order valence-corrected chi connectivity index (χ1v) is 8.66. The summed E-state index contributed by atoms with van der Waals surface area (Å²) in [6, 6.07) is 8.17. The van der Waals surface area contributed by atoms with Gasteiger partial charge in [0.2, 0.25) is 0 Å². The molecule has 1 aromatic rings. The number of ether oxygens (including phenoxy) is 2. The van der Waals surface area contributed by atoms with Crippen LogP contribution in [0.5, 0.6) is 5.75 Å². The number of carbonyl (C=O) groups is 1. The number of nitrogens with zero attached hydrogens (tertiary/aromatic N) is 2. The van der Waals surface area contributed by atoms with E-state index >= 15 is 0 Å². The summed E-state index contributed by atoms with van der Waals surface area (Å²) in [6.45, 7) is 6.05. The number of carbonyl (C=O) groups excluding carboxylic acids is 1.